The van der Waals surface area contributed by atoms with Crippen LogP contribution >= 0.6 is 0 Å². The van der Waals surface area contributed by atoms with E-state index in [1.165, 1.54) is 24.9 Å². The Kier molecular flexibility index (Phi) is 5.04. The first kappa shape index (κ1) is 18.0. The van der Waals surface area contributed by atoms with E-state index < -0.39 is 29.9 Å². The fourth-order valence-corrected chi connectivity index (χ4v) is 2.53. The maximum atomic E-state index is 12.7. The fourth-order valence-electron chi connectivity index (χ4n) is 2.53. The first-order valence-corrected chi connectivity index (χ1v) is 7.59. The summed E-state index contributed by atoms with van der Waals surface area (Å²) in [7, 11) is 1.51. The van der Waals surface area contributed by atoms with Crippen molar-refractivity contribution >= 4 is 17.8 Å². The van der Waals surface area contributed by atoms with Crippen LogP contribution in [-0.4, -0.2) is 47.8 Å². The van der Waals surface area contributed by atoms with Gasteiger partial charge in [0.05, 0.1) is 24.1 Å². The first-order chi connectivity index (χ1) is 11.8. The Labute approximate surface area is 145 Å². The third-order valence-electron chi connectivity index (χ3n) is 4.12. The van der Waals surface area contributed by atoms with Crippen molar-refractivity contribution in [3.05, 3.63) is 35.4 Å². The minimum atomic E-state index is -1.34. The molecule has 1 aliphatic rings. The van der Waals surface area contributed by atoms with Crippen molar-refractivity contribution < 1.29 is 14.4 Å². The molecular formula is C17H17N5O3. The van der Waals surface area contributed by atoms with Crippen LogP contribution in [-0.2, 0) is 15.1 Å². The van der Waals surface area contributed by atoms with Crippen molar-refractivity contribution in [2.45, 2.75) is 18.9 Å². The van der Waals surface area contributed by atoms with Crippen LogP contribution in [0.2, 0.25) is 0 Å². The number of rotatable bonds is 5. The van der Waals surface area contributed by atoms with Crippen molar-refractivity contribution in [2.24, 2.45) is 0 Å². The molecule has 1 aromatic rings. The lowest BCUT2D eigenvalue weighted by Gasteiger charge is -2.23. The summed E-state index contributed by atoms with van der Waals surface area (Å²) in [6.45, 7) is 1.36. The highest BCUT2D eigenvalue weighted by Gasteiger charge is 2.49. The molecule has 0 radical (unpaired) electrons. The average molecular weight is 339 g/mol. The van der Waals surface area contributed by atoms with E-state index in [2.05, 4.69) is 5.32 Å². The third-order valence-corrected chi connectivity index (χ3v) is 4.12. The molecule has 0 unspecified atom stereocenters. The zero-order valence-electron chi connectivity index (χ0n) is 13.9. The van der Waals surface area contributed by atoms with Crippen LogP contribution in [0.1, 0.15) is 24.5 Å². The number of likely N-dealkylation sites (N-methyl/N-ethyl adjacent to an activating group) is 1. The highest BCUT2D eigenvalue weighted by molar-refractivity contribution is 6.09. The van der Waals surface area contributed by atoms with Crippen molar-refractivity contribution in [3.63, 3.8) is 0 Å². The van der Waals surface area contributed by atoms with Gasteiger partial charge in [-0.3, -0.25) is 14.5 Å². The van der Waals surface area contributed by atoms with Gasteiger partial charge >= 0.3 is 6.03 Å². The van der Waals surface area contributed by atoms with E-state index in [0.29, 0.717) is 11.1 Å². The van der Waals surface area contributed by atoms with E-state index in [1.54, 1.807) is 18.2 Å². The highest BCUT2D eigenvalue weighted by atomic mass is 16.2. The molecule has 1 aromatic carbocycles. The quantitative estimate of drug-likeness (QED) is 0.792. The number of amides is 4. The molecule has 1 heterocycles. The molecule has 0 spiro atoms. The molecule has 128 valence electrons. The smallest absolute Gasteiger partial charge is 0.325 e. The molecule has 0 bridgehead atoms. The second kappa shape index (κ2) is 7.02. The number of benzene rings is 1. The van der Waals surface area contributed by atoms with Crippen molar-refractivity contribution in [2.75, 3.05) is 20.1 Å². The number of nitrogens with one attached hydrogen (secondary N) is 1. The number of nitriles is 2. The highest BCUT2D eigenvalue weighted by Crippen LogP contribution is 2.29. The van der Waals surface area contributed by atoms with Gasteiger partial charge in [-0.25, -0.2) is 4.79 Å². The summed E-state index contributed by atoms with van der Waals surface area (Å²) in [5.41, 5.74) is -0.501. The van der Waals surface area contributed by atoms with Gasteiger partial charge in [0.1, 0.15) is 12.1 Å². The summed E-state index contributed by atoms with van der Waals surface area (Å²) in [4.78, 5) is 39.2. The van der Waals surface area contributed by atoms with Gasteiger partial charge in [0.2, 0.25) is 5.91 Å². The Hall–Kier alpha value is -3.39. The van der Waals surface area contributed by atoms with Crippen LogP contribution < -0.4 is 5.32 Å². The van der Waals surface area contributed by atoms with E-state index in [9.17, 15) is 14.4 Å². The van der Waals surface area contributed by atoms with Gasteiger partial charge < -0.3 is 10.2 Å². The summed E-state index contributed by atoms with van der Waals surface area (Å²) < 4.78 is 0. The van der Waals surface area contributed by atoms with Crippen LogP contribution in [0.15, 0.2) is 24.3 Å². The van der Waals surface area contributed by atoms with Gasteiger partial charge in [0.15, 0.2) is 0 Å². The maximum Gasteiger partial charge on any atom is 0.325 e. The minimum Gasteiger partial charge on any atom is -0.343 e. The Bertz CT molecular complexity index is 807. The van der Waals surface area contributed by atoms with E-state index in [-0.39, 0.29) is 13.0 Å². The van der Waals surface area contributed by atoms with Crippen molar-refractivity contribution in [1.29, 1.82) is 10.5 Å². The number of urea groups is 1. The molecule has 1 saturated heterocycles. The first-order valence-electron chi connectivity index (χ1n) is 7.59. The molecule has 4 amide bonds. The molecule has 2 rings (SSSR count). The lowest BCUT2D eigenvalue weighted by molar-refractivity contribution is -0.138. The van der Waals surface area contributed by atoms with Gasteiger partial charge in [-0.15, -0.1) is 0 Å². The summed E-state index contributed by atoms with van der Waals surface area (Å²) in [6, 6.07) is 9.64. The second-order valence-electron chi connectivity index (χ2n) is 5.86. The van der Waals surface area contributed by atoms with E-state index in [1.807, 2.05) is 12.1 Å². The molecule has 8 heteroatoms. The molecular weight excluding hydrogens is 322 g/mol. The lowest BCUT2D eigenvalue weighted by atomic mass is 9.91. The SMILES string of the molecule is CN(CCC#N)C(=O)CN1C(=O)N[C@](C)(c2cccc(C#N)c2)C1=O. The molecule has 25 heavy (non-hydrogen) atoms. The van der Waals surface area contributed by atoms with E-state index in [4.69, 9.17) is 10.5 Å². The maximum absolute atomic E-state index is 12.7. The Morgan fingerprint density at radius 3 is 2.72 bits per heavy atom. The summed E-state index contributed by atoms with van der Waals surface area (Å²) >= 11 is 0. The Balaban J connectivity index is 2.20. The number of imide groups is 1. The van der Waals surface area contributed by atoms with Crippen LogP contribution in [0, 0.1) is 22.7 Å². The Morgan fingerprint density at radius 1 is 1.36 bits per heavy atom. The summed E-state index contributed by atoms with van der Waals surface area (Å²) in [6.07, 6.45) is 0.168. The second-order valence-corrected chi connectivity index (χ2v) is 5.86. The van der Waals surface area contributed by atoms with Gasteiger partial charge in [0.25, 0.3) is 5.91 Å². The van der Waals surface area contributed by atoms with Gasteiger partial charge in [-0.05, 0) is 24.6 Å². The van der Waals surface area contributed by atoms with Crippen LogP contribution in [0.3, 0.4) is 0 Å². The number of hydrogen-bond donors (Lipinski definition) is 1. The number of nitrogens with zero attached hydrogens (tertiary/aromatic N) is 4. The number of carbonyl (C=O) groups excluding carboxylic acids is 3. The largest absolute Gasteiger partial charge is 0.343 e. The van der Waals surface area contributed by atoms with Crippen molar-refractivity contribution in [1.82, 2.24) is 15.1 Å². The predicted molar refractivity (Wildman–Crippen MR) is 86.6 cm³/mol. The molecule has 1 atom stereocenters. The topological polar surface area (TPSA) is 117 Å². The molecule has 1 N–H and O–H groups in total. The molecule has 0 aromatic heterocycles. The van der Waals surface area contributed by atoms with Gasteiger partial charge in [-0.2, -0.15) is 10.5 Å². The third kappa shape index (κ3) is 3.43. The van der Waals surface area contributed by atoms with E-state index in [0.717, 1.165) is 4.90 Å². The average Bonchev–Trinajstić information content (AvgIpc) is 2.83. The fraction of sp³-hybridized carbons (Fsp3) is 0.353. The van der Waals surface area contributed by atoms with Crippen LogP contribution in [0.25, 0.3) is 0 Å². The summed E-state index contributed by atoms with van der Waals surface area (Å²) in [5, 5.41) is 20.2. The van der Waals surface area contributed by atoms with E-state index >= 15 is 0 Å². The number of carbonyl (C=O) groups is 3. The molecule has 1 aliphatic heterocycles. The lowest BCUT2D eigenvalue weighted by Crippen LogP contribution is -2.43. The van der Waals surface area contributed by atoms with Gasteiger partial charge in [0, 0.05) is 13.6 Å². The zero-order valence-corrected chi connectivity index (χ0v) is 13.9. The van der Waals surface area contributed by atoms with Crippen LogP contribution in [0.5, 0.6) is 0 Å². The van der Waals surface area contributed by atoms with Gasteiger partial charge in [-0.1, -0.05) is 12.1 Å². The minimum absolute atomic E-state index is 0.168. The molecule has 0 aliphatic carbocycles. The normalized spacial score (nSPS) is 19.1. The van der Waals surface area contributed by atoms with Crippen molar-refractivity contribution in [3.8, 4) is 12.1 Å². The number of hydrogen-bond acceptors (Lipinski definition) is 5. The molecule has 8 nitrogen and oxygen atoms in total. The molecule has 0 saturated carbocycles. The monoisotopic (exact) mass is 339 g/mol. The standard InChI is InChI=1S/C17H17N5O3/c1-17(13-6-3-5-12(9-13)10-19)15(24)22(16(25)20-17)11-14(23)21(2)8-4-7-18/h3,5-6,9H,4,8,11H2,1-2H3,(H,20,25)/t17-/m1/s1. The summed E-state index contributed by atoms with van der Waals surface area (Å²) in [5.74, 6) is -0.997. The molecule has 1 fully saturated rings. The Morgan fingerprint density at radius 2 is 2.08 bits per heavy atom. The zero-order chi connectivity index (χ0) is 18.6. The van der Waals surface area contributed by atoms with Crippen LogP contribution in [0.4, 0.5) is 4.79 Å². The predicted octanol–water partition coefficient (Wildman–Crippen LogP) is 0.697.